The van der Waals surface area contributed by atoms with Gasteiger partial charge >= 0.3 is 7.60 Å². The van der Waals surface area contributed by atoms with Gasteiger partial charge in [0.15, 0.2) is 5.85 Å². The molecular formula is C14H31O4P. The molecule has 5 heteroatoms. The normalized spacial score (nSPS) is 13.7. The van der Waals surface area contributed by atoms with E-state index in [4.69, 9.17) is 14.9 Å². The van der Waals surface area contributed by atoms with Gasteiger partial charge in [0.05, 0.1) is 0 Å². The molecule has 0 aliphatic rings. The Balaban J connectivity index is 3.17. The Morgan fingerprint density at radius 2 is 1.16 bits per heavy atom. The minimum absolute atomic E-state index is 0.210. The van der Waals surface area contributed by atoms with Crippen molar-refractivity contribution in [2.24, 2.45) is 0 Å². The molecule has 0 amide bonds. The lowest BCUT2D eigenvalue weighted by Gasteiger charge is -2.11. The second kappa shape index (κ2) is 11.9. The van der Waals surface area contributed by atoms with Crippen LogP contribution in [-0.2, 0) is 4.57 Å². The first kappa shape index (κ1) is 19.1. The fraction of sp³-hybridized carbons (Fsp3) is 1.00. The molecule has 19 heavy (non-hydrogen) atoms. The van der Waals surface area contributed by atoms with E-state index in [2.05, 4.69) is 6.92 Å². The van der Waals surface area contributed by atoms with Crippen molar-refractivity contribution >= 4 is 7.60 Å². The zero-order valence-corrected chi connectivity index (χ0v) is 13.2. The third-order valence-corrected chi connectivity index (χ3v) is 4.49. The monoisotopic (exact) mass is 294 g/mol. The molecule has 116 valence electrons. The maximum absolute atomic E-state index is 10.7. The quantitative estimate of drug-likeness (QED) is 0.352. The van der Waals surface area contributed by atoms with E-state index in [1.807, 2.05) is 0 Å². The summed E-state index contributed by atoms with van der Waals surface area (Å²) in [6.45, 7) is 2.23. The third-order valence-electron chi connectivity index (χ3n) is 3.45. The Morgan fingerprint density at radius 3 is 1.53 bits per heavy atom. The molecule has 4 nitrogen and oxygen atoms in total. The molecule has 0 spiro atoms. The molecule has 0 saturated heterocycles. The maximum atomic E-state index is 10.7. The van der Waals surface area contributed by atoms with Gasteiger partial charge in [0.25, 0.3) is 0 Å². The van der Waals surface area contributed by atoms with Crippen molar-refractivity contribution in [1.29, 1.82) is 0 Å². The molecule has 0 aromatic carbocycles. The van der Waals surface area contributed by atoms with Crippen LogP contribution in [0.3, 0.4) is 0 Å². The summed E-state index contributed by atoms with van der Waals surface area (Å²) in [5, 5.41) is 9.17. The molecule has 0 bridgehead atoms. The van der Waals surface area contributed by atoms with Gasteiger partial charge in [-0.25, -0.2) is 0 Å². The predicted molar refractivity (Wildman–Crippen MR) is 79.1 cm³/mol. The van der Waals surface area contributed by atoms with E-state index < -0.39 is 13.4 Å². The molecule has 1 atom stereocenters. The second-order valence-electron chi connectivity index (χ2n) is 5.39. The number of hydrogen-bond acceptors (Lipinski definition) is 2. The highest BCUT2D eigenvalue weighted by Gasteiger charge is 2.24. The summed E-state index contributed by atoms with van der Waals surface area (Å²) in [4.78, 5) is 17.4. The molecule has 0 aromatic rings. The van der Waals surface area contributed by atoms with Crippen molar-refractivity contribution in [3.8, 4) is 0 Å². The van der Waals surface area contributed by atoms with Gasteiger partial charge in [0, 0.05) is 0 Å². The molecule has 0 aliphatic carbocycles. The van der Waals surface area contributed by atoms with E-state index in [0.29, 0.717) is 6.42 Å². The highest BCUT2D eigenvalue weighted by Crippen LogP contribution is 2.41. The second-order valence-corrected chi connectivity index (χ2v) is 7.17. The first-order valence-corrected chi connectivity index (χ1v) is 9.40. The van der Waals surface area contributed by atoms with Crippen LogP contribution < -0.4 is 0 Å². The SMILES string of the molecule is CCCCCCCCCCCCCC(O)P(=O)(O)O. The fourth-order valence-electron chi connectivity index (χ4n) is 2.16. The minimum atomic E-state index is -4.28. The third kappa shape index (κ3) is 12.9. The van der Waals surface area contributed by atoms with Crippen molar-refractivity contribution in [3.05, 3.63) is 0 Å². The molecule has 0 radical (unpaired) electrons. The molecule has 0 rings (SSSR count). The van der Waals surface area contributed by atoms with E-state index in [-0.39, 0.29) is 6.42 Å². The average Bonchev–Trinajstić information content (AvgIpc) is 2.34. The van der Waals surface area contributed by atoms with Gasteiger partial charge in [-0.05, 0) is 6.42 Å². The zero-order chi connectivity index (χ0) is 14.6. The van der Waals surface area contributed by atoms with E-state index in [0.717, 1.165) is 12.8 Å². The topological polar surface area (TPSA) is 77.8 Å². The average molecular weight is 294 g/mol. The summed E-state index contributed by atoms with van der Waals surface area (Å²) in [7, 11) is -4.28. The Labute approximate surface area is 117 Å². The number of hydrogen-bond donors (Lipinski definition) is 3. The summed E-state index contributed by atoms with van der Waals surface area (Å²) in [5.41, 5.74) is 0. The molecule has 0 heterocycles. The Bertz CT molecular complexity index is 240. The lowest BCUT2D eigenvalue weighted by molar-refractivity contribution is 0.190. The number of aliphatic hydroxyl groups excluding tert-OH is 1. The zero-order valence-electron chi connectivity index (χ0n) is 12.3. The molecule has 0 aromatic heterocycles. The lowest BCUT2D eigenvalue weighted by Crippen LogP contribution is -2.06. The van der Waals surface area contributed by atoms with E-state index in [9.17, 15) is 4.57 Å². The number of rotatable bonds is 13. The smallest absolute Gasteiger partial charge is 0.353 e. The van der Waals surface area contributed by atoms with Gasteiger partial charge in [-0.15, -0.1) is 0 Å². The van der Waals surface area contributed by atoms with Crippen molar-refractivity contribution in [2.75, 3.05) is 0 Å². The molecular weight excluding hydrogens is 263 g/mol. The lowest BCUT2D eigenvalue weighted by atomic mass is 10.1. The largest absolute Gasteiger partial charge is 0.380 e. The van der Waals surface area contributed by atoms with Crippen LogP contribution in [0.25, 0.3) is 0 Å². The summed E-state index contributed by atoms with van der Waals surface area (Å²) >= 11 is 0. The predicted octanol–water partition coefficient (Wildman–Crippen LogP) is 4.18. The molecule has 0 fully saturated rings. The van der Waals surface area contributed by atoms with Crippen LogP contribution in [0.1, 0.15) is 84.0 Å². The maximum Gasteiger partial charge on any atom is 0.353 e. The van der Waals surface area contributed by atoms with Crippen LogP contribution in [0.15, 0.2) is 0 Å². The van der Waals surface area contributed by atoms with Crippen molar-refractivity contribution < 1.29 is 19.5 Å². The Kier molecular flexibility index (Phi) is 12.0. The highest BCUT2D eigenvalue weighted by molar-refractivity contribution is 7.52. The molecule has 0 saturated carbocycles. The van der Waals surface area contributed by atoms with Crippen LogP contribution >= 0.6 is 7.60 Å². The van der Waals surface area contributed by atoms with Crippen LogP contribution in [0.2, 0.25) is 0 Å². The van der Waals surface area contributed by atoms with Crippen LogP contribution in [0.5, 0.6) is 0 Å². The van der Waals surface area contributed by atoms with Gasteiger partial charge in [-0.3, -0.25) is 4.57 Å². The number of unbranched alkanes of at least 4 members (excludes halogenated alkanes) is 10. The van der Waals surface area contributed by atoms with Crippen molar-refractivity contribution in [1.82, 2.24) is 0 Å². The fourth-order valence-corrected chi connectivity index (χ4v) is 2.68. The van der Waals surface area contributed by atoms with Crippen LogP contribution in [0.4, 0.5) is 0 Å². The molecule has 1 unspecified atom stereocenters. The van der Waals surface area contributed by atoms with E-state index >= 15 is 0 Å². The van der Waals surface area contributed by atoms with Crippen LogP contribution in [-0.4, -0.2) is 20.7 Å². The Hall–Kier alpha value is 0.110. The Morgan fingerprint density at radius 1 is 0.789 bits per heavy atom. The molecule has 3 N–H and O–H groups in total. The van der Waals surface area contributed by atoms with Gasteiger partial charge in [0.2, 0.25) is 0 Å². The number of aliphatic hydroxyl groups is 1. The summed E-state index contributed by atoms with van der Waals surface area (Å²) < 4.78 is 10.7. The van der Waals surface area contributed by atoms with Gasteiger partial charge in [-0.2, -0.15) is 0 Å². The highest BCUT2D eigenvalue weighted by atomic mass is 31.2. The minimum Gasteiger partial charge on any atom is -0.380 e. The first-order chi connectivity index (χ1) is 8.98. The van der Waals surface area contributed by atoms with E-state index in [1.165, 1.54) is 51.4 Å². The van der Waals surface area contributed by atoms with E-state index in [1.54, 1.807) is 0 Å². The summed E-state index contributed by atoms with van der Waals surface area (Å²) in [6, 6.07) is 0. The first-order valence-electron chi connectivity index (χ1n) is 7.71. The van der Waals surface area contributed by atoms with Gasteiger partial charge < -0.3 is 14.9 Å². The summed E-state index contributed by atoms with van der Waals surface area (Å²) in [6.07, 6.45) is 13.4. The standard InChI is InChI=1S/C14H31O4P/c1-2-3-4-5-6-7-8-9-10-11-12-13-14(15)19(16,17)18/h14-15H,2-13H2,1H3,(H2,16,17,18). The summed E-state index contributed by atoms with van der Waals surface area (Å²) in [5.74, 6) is -1.47. The van der Waals surface area contributed by atoms with Gasteiger partial charge in [-0.1, -0.05) is 77.6 Å². The van der Waals surface area contributed by atoms with Gasteiger partial charge in [0.1, 0.15) is 0 Å². The van der Waals surface area contributed by atoms with Crippen LogP contribution in [0, 0.1) is 0 Å². The van der Waals surface area contributed by atoms with Crippen molar-refractivity contribution in [2.45, 2.75) is 89.8 Å². The molecule has 0 aliphatic heterocycles. The van der Waals surface area contributed by atoms with Crippen molar-refractivity contribution in [3.63, 3.8) is 0 Å².